The summed E-state index contributed by atoms with van der Waals surface area (Å²) in [7, 11) is -1.60. The van der Waals surface area contributed by atoms with Gasteiger partial charge in [0.05, 0.1) is 0 Å². The van der Waals surface area contributed by atoms with Crippen molar-refractivity contribution < 1.29 is 4.43 Å². The van der Waals surface area contributed by atoms with Gasteiger partial charge in [0.25, 0.3) is 0 Å². The molecular weight excluding hydrogens is 368 g/mol. The Bertz CT molecular complexity index is 726. The van der Waals surface area contributed by atoms with Gasteiger partial charge in [0.15, 0.2) is 8.32 Å². The van der Waals surface area contributed by atoms with Crippen LogP contribution in [-0.4, -0.2) is 14.9 Å². The van der Waals surface area contributed by atoms with E-state index in [0.29, 0.717) is 0 Å². The summed E-state index contributed by atoms with van der Waals surface area (Å²) in [5, 5.41) is 0.281. The third-order valence-electron chi connectivity index (χ3n) is 4.99. The molecule has 0 aromatic heterocycles. The van der Waals surface area contributed by atoms with Crippen molar-refractivity contribution in [3.05, 3.63) is 103 Å². The molecule has 0 heterocycles. The Kier molecular flexibility index (Phi) is 11.9. The third-order valence-corrected chi connectivity index (χ3v) is 9.53. The summed E-state index contributed by atoms with van der Waals surface area (Å²) in [6.07, 6.45) is 27.0. The molecule has 0 bridgehead atoms. The molecule has 0 atom stereocenters. The van der Waals surface area contributed by atoms with E-state index in [1.807, 2.05) is 30.4 Å². The summed E-state index contributed by atoms with van der Waals surface area (Å²) in [6, 6.07) is 10.3. The lowest BCUT2D eigenvalue weighted by atomic mass is 10.2. The molecule has 0 saturated carbocycles. The molecule has 0 aliphatic rings. The molecule has 0 saturated heterocycles. The molecule has 0 N–H and O–H groups in total. The predicted octanol–water partition coefficient (Wildman–Crippen LogP) is 8.28. The van der Waals surface area contributed by atoms with Gasteiger partial charge in [-0.3, -0.25) is 0 Å². The van der Waals surface area contributed by atoms with E-state index in [4.69, 9.17) is 4.43 Å². The molecule has 0 radical (unpaired) electrons. The summed E-state index contributed by atoms with van der Waals surface area (Å²) in [4.78, 5) is 0. The molecule has 0 aliphatic carbocycles. The van der Waals surface area contributed by atoms with Crippen LogP contribution < -0.4 is 0 Å². The lowest BCUT2D eigenvalue weighted by Gasteiger charge is -2.36. The first-order chi connectivity index (χ1) is 13.8. The van der Waals surface area contributed by atoms with Gasteiger partial charge in [-0.05, 0) is 36.5 Å². The van der Waals surface area contributed by atoms with Gasteiger partial charge in [-0.2, -0.15) is 0 Å². The fraction of sp³-hybridized carbons (Fsp3) is 0.333. The molecule has 0 spiro atoms. The maximum absolute atomic E-state index is 6.15. The quantitative estimate of drug-likeness (QED) is 0.204. The Morgan fingerprint density at radius 1 is 0.759 bits per heavy atom. The van der Waals surface area contributed by atoms with Crippen molar-refractivity contribution in [1.29, 1.82) is 0 Å². The molecule has 1 aromatic rings. The Morgan fingerprint density at radius 3 is 1.93 bits per heavy atom. The summed E-state index contributed by atoms with van der Waals surface area (Å²) in [5.74, 6) is 0. The molecule has 0 aliphatic heterocycles. The second kappa shape index (κ2) is 13.9. The molecule has 1 rings (SSSR count). The Hall–Kier alpha value is -2.16. The molecule has 2 heteroatoms. The van der Waals surface area contributed by atoms with Crippen LogP contribution >= 0.6 is 0 Å². The van der Waals surface area contributed by atoms with Crippen molar-refractivity contribution in [2.24, 2.45) is 0 Å². The molecule has 0 unspecified atom stereocenters. The highest BCUT2D eigenvalue weighted by molar-refractivity contribution is 6.74. The van der Waals surface area contributed by atoms with Gasteiger partial charge in [0.2, 0.25) is 0 Å². The topological polar surface area (TPSA) is 9.23 Å². The Balaban J connectivity index is 2.14. The van der Waals surface area contributed by atoms with Crippen LogP contribution in [0.1, 0.15) is 39.2 Å². The van der Waals surface area contributed by atoms with Gasteiger partial charge in [0, 0.05) is 6.61 Å². The normalized spacial score (nSPS) is 14.1. The average Bonchev–Trinajstić information content (AvgIpc) is 2.67. The van der Waals surface area contributed by atoms with Gasteiger partial charge in [-0.15, -0.1) is 0 Å². The van der Waals surface area contributed by atoms with E-state index in [0.717, 1.165) is 19.4 Å². The van der Waals surface area contributed by atoms with Crippen LogP contribution in [0.25, 0.3) is 6.08 Å². The van der Waals surface area contributed by atoms with E-state index in [1.54, 1.807) is 0 Å². The molecule has 0 amide bonds. The van der Waals surface area contributed by atoms with Gasteiger partial charge < -0.3 is 4.43 Å². The summed E-state index contributed by atoms with van der Waals surface area (Å²) in [6.45, 7) is 12.2. The third kappa shape index (κ3) is 12.1. The zero-order valence-corrected chi connectivity index (χ0v) is 19.8. The lowest BCUT2D eigenvalue weighted by Crippen LogP contribution is -2.40. The summed E-state index contributed by atoms with van der Waals surface area (Å²) in [5.41, 5.74) is 1.22. The fourth-order valence-electron chi connectivity index (χ4n) is 2.15. The fourth-order valence-corrected chi connectivity index (χ4v) is 3.21. The van der Waals surface area contributed by atoms with Crippen LogP contribution in [0.3, 0.4) is 0 Å². The maximum Gasteiger partial charge on any atom is 0.191 e. The van der Waals surface area contributed by atoms with E-state index < -0.39 is 8.32 Å². The molecule has 0 fully saturated rings. The highest BCUT2D eigenvalue weighted by Crippen LogP contribution is 2.36. The zero-order chi connectivity index (χ0) is 21.4. The summed E-state index contributed by atoms with van der Waals surface area (Å²) >= 11 is 0. The van der Waals surface area contributed by atoms with Gasteiger partial charge >= 0.3 is 0 Å². The van der Waals surface area contributed by atoms with Crippen LogP contribution in [-0.2, 0) is 4.43 Å². The minimum atomic E-state index is -1.60. The van der Waals surface area contributed by atoms with Gasteiger partial charge in [-0.25, -0.2) is 0 Å². The van der Waals surface area contributed by atoms with E-state index in [2.05, 4.69) is 107 Å². The largest absolute Gasteiger partial charge is 0.417 e. The van der Waals surface area contributed by atoms with Gasteiger partial charge in [0.1, 0.15) is 0 Å². The van der Waals surface area contributed by atoms with Crippen molar-refractivity contribution >= 4 is 14.4 Å². The standard InChI is InChI=1S/C27H38OSi/c1-27(2,3)29(4,5)28-25-21-16-14-12-10-8-6-7-9-11-13-15-18-22-26-23-19-17-20-24-26/h6-10,12-20,22-24H,11,21,25H2,1-5H3/b8-6-,9-7-,12-10-,15-13+,16-14-,22-18+. The van der Waals surface area contributed by atoms with E-state index in [1.165, 1.54) is 5.56 Å². The lowest BCUT2D eigenvalue weighted by molar-refractivity contribution is 0.294. The van der Waals surface area contributed by atoms with Crippen molar-refractivity contribution in [3.63, 3.8) is 0 Å². The predicted molar refractivity (Wildman–Crippen MR) is 134 cm³/mol. The van der Waals surface area contributed by atoms with Crippen molar-refractivity contribution in [2.75, 3.05) is 6.61 Å². The Labute approximate surface area is 180 Å². The highest BCUT2D eigenvalue weighted by atomic mass is 28.4. The van der Waals surface area contributed by atoms with Crippen LogP contribution in [0.2, 0.25) is 18.1 Å². The van der Waals surface area contributed by atoms with E-state index >= 15 is 0 Å². The number of hydrogen-bond acceptors (Lipinski definition) is 1. The first kappa shape index (κ1) is 24.9. The number of benzene rings is 1. The minimum Gasteiger partial charge on any atom is -0.417 e. The molecular formula is C27H38OSi. The minimum absolute atomic E-state index is 0.281. The zero-order valence-electron chi connectivity index (χ0n) is 18.8. The summed E-state index contributed by atoms with van der Waals surface area (Å²) < 4.78 is 6.15. The van der Waals surface area contributed by atoms with Crippen LogP contribution in [0, 0.1) is 0 Å². The Morgan fingerprint density at radius 2 is 1.31 bits per heavy atom. The number of allylic oxidation sites excluding steroid dienone is 10. The molecule has 1 aromatic carbocycles. The van der Waals surface area contributed by atoms with Crippen LogP contribution in [0.4, 0.5) is 0 Å². The molecule has 29 heavy (non-hydrogen) atoms. The van der Waals surface area contributed by atoms with E-state index in [-0.39, 0.29) is 5.04 Å². The SMILES string of the molecule is CC(C)(C)[Si](C)(C)OCC\C=C/C=C\C=C/C=C\C/C=C/C=C/c1ccccc1. The van der Waals surface area contributed by atoms with Crippen molar-refractivity contribution in [1.82, 2.24) is 0 Å². The number of hydrogen-bond donors (Lipinski definition) is 0. The van der Waals surface area contributed by atoms with Crippen LogP contribution in [0.15, 0.2) is 97.2 Å². The molecule has 156 valence electrons. The van der Waals surface area contributed by atoms with Gasteiger partial charge in [-0.1, -0.05) is 124 Å². The first-order valence-corrected chi connectivity index (χ1v) is 13.4. The smallest absolute Gasteiger partial charge is 0.191 e. The van der Waals surface area contributed by atoms with Crippen LogP contribution in [0.5, 0.6) is 0 Å². The molecule has 1 nitrogen and oxygen atoms in total. The van der Waals surface area contributed by atoms with E-state index in [9.17, 15) is 0 Å². The maximum atomic E-state index is 6.15. The second-order valence-corrected chi connectivity index (χ2v) is 13.3. The van der Waals surface area contributed by atoms with Crippen molar-refractivity contribution in [3.8, 4) is 0 Å². The van der Waals surface area contributed by atoms with Crippen molar-refractivity contribution in [2.45, 2.75) is 51.7 Å². The first-order valence-electron chi connectivity index (χ1n) is 10.5. The second-order valence-electron chi connectivity index (χ2n) is 8.46. The monoisotopic (exact) mass is 406 g/mol. The average molecular weight is 407 g/mol. The highest BCUT2D eigenvalue weighted by Gasteiger charge is 2.36. The number of rotatable bonds is 11.